The topological polar surface area (TPSA) is 251 Å². The predicted octanol–water partition coefficient (Wildman–Crippen LogP) is 9.09. The molecule has 0 radical (unpaired) electrons. The second-order valence-electron chi connectivity index (χ2n) is 13.4. The number of carbonyl (C=O) groups excluding carboxylic acids is 3. The van der Waals surface area contributed by atoms with Gasteiger partial charge in [0.25, 0.3) is 0 Å². The number of benzene rings is 3. The molecular weight excluding hydrogens is 1130 g/mol. The zero-order chi connectivity index (χ0) is 52.8. The number of imidazole rings is 2. The minimum absolute atomic E-state index is 0. The quantitative estimate of drug-likeness (QED) is 0.0346. The Hall–Kier alpha value is -5.23. The Labute approximate surface area is 470 Å². The summed E-state index contributed by atoms with van der Waals surface area (Å²) in [7, 11) is 1.00. The van der Waals surface area contributed by atoms with Crippen molar-refractivity contribution in [1.29, 1.82) is 0 Å². The number of esters is 2. The van der Waals surface area contributed by atoms with Gasteiger partial charge >= 0.3 is 36.8 Å². The molecule has 24 heteroatoms. The number of pyridine rings is 3. The number of fused-ring (bicyclic) bond motifs is 2. The maximum absolute atomic E-state index is 12.4. The summed E-state index contributed by atoms with van der Waals surface area (Å²) in [5.41, 5.74) is 8.86. The smallest absolute Gasteiger partial charge is 0.870 e. The van der Waals surface area contributed by atoms with Gasteiger partial charge in [0.2, 0.25) is 0 Å². The van der Waals surface area contributed by atoms with Crippen molar-refractivity contribution < 1.29 is 68.3 Å². The van der Waals surface area contributed by atoms with Gasteiger partial charge in [0.15, 0.2) is 22.0 Å². The summed E-state index contributed by atoms with van der Waals surface area (Å²) in [6.07, 6.45) is 5.07. The first-order chi connectivity index (χ1) is 34.0. The van der Waals surface area contributed by atoms with E-state index in [1.807, 2.05) is 30.3 Å². The molecule has 5 heterocycles. The van der Waals surface area contributed by atoms with Crippen LogP contribution in [-0.4, -0.2) is 100.0 Å². The molecule has 5 aromatic heterocycles. The van der Waals surface area contributed by atoms with Crippen molar-refractivity contribution in [3.63, 3.8) is 0 Å². The Balaban J connectivity index is 0.000000488. The van der Waals surface area contributed by atoms with Crippen molar-refractivity contribution in [2.75, 3.05) is 32.7 Å². The van der Waals surface area contributed by atoms with E-state index in [-0.39, 0.29) is 60.4 Å². The number of rotatable bonds is 9. The number of hydrogen-bond acceptors (Lipinski definition) is 13. The molecule has 0 aliphatic rings. The molecule has 0 saturated heterocycles. The third-order valence-electron chi connectivity index (χ3n) is 8.70. The average Bonchev–Trinajstić information content (AvgIpc) is 3.95. The molecule has 3 aromatic carbocycles. The first-order valence-electron chi connectivity index (χ1n) is 20.7. The normalized spacial score (nSPS) is 10.2. The van der Waals surface area contributed by atoms with Gasteiger partial charge in [0.1, 0.15) is 28.5 Å². The molecule has 8 aromatic rings. The van der Waals surface area contributed by atoms with E-state index in [1.54, 1.807) is 110 Å². The minimum Gasteiger partial charge on any atom is -0.870 e. The molecule has 0 saturated carbocycles. The Morgan fingerprint density at radius 1 is 0.658 bits per heavy atom. The minimum atomic E-state index is -1.07. The summed E-state index contributed by atoms with van der Waals surface area (Å²) in [6, 6.07) is 30.6. The largest absolute Gasteiger partial charge is 1.00 e. The van der Waals surface area contributed by atoms with Gasteiger partial charge in [0.05, 0.1) is 28.3 Å². The van der Waals surface area contributed by atoms with Crippen LogP contribution >= 0.6 is 85.5 Å². The van der Waals surface area contributed by atoms with E-state index in [0.717, 1.165) is 7.11 Å². The van der Waals surface area contributed by atoms with Crippen molar-refractivity contribution in [3.05, 3.63) is 175 Å². The van der Waals surface area contributed by atoms with E-state index in [9.17, 15) is 24.3 Å². The predicted molar refractivity (Wildman–Crippen MR) is 286 cm³/mol. The molecule has 16 nitrogen and oxygen atoms in total. The summed E-state index contributed by atoms with van der Waals surface area (Å²) in [5, 5.41) is 26.5. The number of hydrogen-bond donors (Lipinski definition) is 4. The van der Waals surface area contributed by atoms with Gasteiger partial charge in [-0.1, -0.05) is 104 Å². The fraction of sp³-hybridized carbons (Fsp3) is 0.163. The van der Waals surface area contributed by atoms with E-state index >= 15 is 0 Å². The molecular formula is C49H46BrCl6LiN6O10. The van der Waals surface area contributed by atoms with E-state index in [2.05, 4.69) is 30.9 Å². The number of nitrogens with two attached hydrogens (primary N) is 1. The fourth-order valence-corrected chi connectivity index (χ4v) is 7.37. The maximum Gasteiger partial charge on any atom is 1.00 e. The van der Waals surface area contributed by atoms with Crippen LogP contribution in [0.15, 0.2) is 128 Å². The van der Waals surface area contributed by atoms with Gasteiger partial charge in [-0.25, -0.2) is 24.5 Å². The van der Waals surface area contributed by atoms with Crippen molar-refractivity contribution in [3.8, 4) is 22.5 Å². The van der Waals surface area contributed by atoms with Gasteiger partial charge in [0, 0.05) is 64.1 Å². The van der Waals surface area contributed by atoms with Crippen LogP contribution in [0, 0.1) is 0 Å². The summed E-state index contributed by atoms with van der Waals surface area (Å²) in [6.45, 7) is 5.83. The van der Waals surface area contributed by atoms with Crippen LogP contribution in [0.1, 0.15) is 52.1 Å². The SMILES string of the molecule is CCO.CCOC(=O)C(Br)C(=O)c1cc(Cl)ccc1Cl.CCOC(=O)c1c(-c2cc(Cl)ccc2Cl)nc2ccccn12.CO.Nc1ccccn1.O=C(O)c1c(-c2cc(Cl)ccc2Cl)nc2ccccn12.[Li+].[OH-]. The number of aliphatic hydroxyl groups excluding tert-OH is 2. The Morgan fingerprint density at radius 2 is 1.10 bits per heavy atom. The summed E-state index contributed by atoms with van der Waals surface area (Å²) < 4.78 is 13.1. The molecule has 1 atom stereocenters. The third kappa shape index (κ3) is 18.9. The van der Waals surface area contributed by atoms with Crippen LogP contribution in [0.4, 0.5) is 5.82 Å². The van der Waals surface area contributed by atoms with E-state index in [0.29, 0.717) is 70.4 Å². The number of Topliss-reactive ketones (excluding diaryl/α,β-unsaturated/α-hetero) is 1. The van der Waals surface area contributed by atoms with Crippen LogP contribution < -0.4 is 24.6 Å². The van der Waals surface area contributed by atoms with Gasteiger partial charge in [-0.3, -0.25) is 18.4 Å². The third-order valence-corrected chi connectivity index (χ3v) is 11.2. The monoisotopic (exact) mass is 1170 g/mol. The Morgan fingerprint density at radius 3 is 1.52 bits per heavy atom. The van der Waals surface area contributed by atoms with Gasteiger partial charge in [-0.05, 0) is 112 Å². The number of ketones is 1. The standard InChI is InChI=1S/C16H12Cl2N2O2.C14H8Cl2N2O2.C11H9BrCl2O3.C5H6N2.C2H6O.CH4O.Li.H2O/c1-2-22-16(21)15-14(11-9-10(17)6-7-12(11)18)19-13-5-3-4-8-20(13)15;15-8-4-5-10(16)9(7-8)12-13(14(19)20)18-6-2-1-3-11(18)17-12;1-2-17-11(16)9(12)10(15)7-5-6(13)3-4-8(7)14;6-5-3-1-2-4-7-5;1-2-3;1-2;;/h3-9H,2H2,1H3;1-7H,(H,19,20);3-5,9H,2H2,1H3;1-4H,(H2,6,7);3H,2H2,1H3;2H,1H3;;1H2/q;;;;;;+1;/p-1. The molecule has 0 aliphatic carbocycles. The summed E-state index contributed by atoms with van der Waals surface area (Å²) >= 11 is 39.0. The summed E-state index contributed by atoms with van der Waals surface area (Å²) in [4.78, 5) is 58.8. The molecule has 6 N–H and O–H groups in total. The van der Waals surface area contributed by atoms with Gasteiger partial charge in [-0.2, -0.15) is 0 Å². The molecule has 0 fully saturated rings. The number of nitrogens with zero attached hydrogens (tertiary/aromatic N) is 5. The Bertz CT molecular complexity index is 3060. The molecule has 0 bridgehead atoms. The molecule has 382 valence electrons. The van der Waals surface area contributed by atoms with E-state index < -0.39 is 28.5 Å². The van der Waals surface area contributed by atoms with Gasteiger partial charge < -0.3 is 36.0 Å². The Kier molecular flexibility index (Phi) is 30.2. The van der Waals surface area contributed by atoms with Crippen molar-refractivity contribution >= 4 is 126 Å². The second kappa shape index (κ2) is 33.6. The van der Waals surface area contributed by atoms with E-state index in [4.69, 9.17) is 95.0 Å². The number of carboxylic acids is 1. The molecule has 0 spiro atoms. The number of nitrogen functional groups attached to an aromatic ring is 1. The van der Waals surface area contributed by atoms with Crippen LogP contribution in [-0.2, 0) is 14.3 Å². The number of anilines is 1. The fourth-order valence-electron chi connectivity index (χ4n) is 5.85. The van der Waals surface area contributed by atoms with Crippen molar-refractivity contribution in [2.24, 2.45) is 0 Å². The number of halogens is 7. The number of carbonyl (C=O) groups is 4. The average molecular weight is 1180 g/mol. The summed E-state index contributed by atoms with van der Waals surface area (Å²) in [5.74, 6) is -2.08. The number of carboxylic acid groups (broad SMARTS) is 1. The molecule has 0 amide bonds. The van der Waals surface area contributed by atoms with Crippen LogP contribution in [0.25, 0.3) is 33.8 Å². The van der Waals surface area contributed by atoms with Crippen LogP contribution in [0.3, 0.4) is 0 Å². The van der Waals surface area contributed by atoms with Gasteiger partial charge in [-0.15, -0.1) is 0 Å². The zero-order valence-electron chi connectivity index (χ0n) is 39.5. The second-order valence-corrected chi connectivity index (χ2v) is 16.9. The molecule has 1 unspecified atom stereocenters. The maximum atomic E-state index is 12.4. The number of aromatic nitrogens is 5. The number of aliphatic hydroxyl groups is 2. The van der Waals surface area contributed by atoms with E-state index in [1.165, 1.54) is 16.5 Å². The first kappa shape index (κ1) is 65.8. The van der Waals surface area contributed by atoms with Crippen LogP contribution in [0.2, 0.25) is 30.1 Å². The van der Waals surface area contributed by atoms with Crippen molar-refractivity contribution in [1.82, 2.24) is 23.8 Å². The molecule has 73 heavy (non-hydrogen) atoms. The molecule has 0 aliphatic heterocycles. The number of alkyl halides is 1. The zero-order valence-corrected chi connectivity index (χ0v) is 45.6. The number of ether oxygens (including phenoxy) is 2. The molecule has 8 rings (SSSR count). The van der Waals surface area contributed by atoms with Crippen molar-refractivity contribution in [2.45, 2.75) is 25.6 Å². The number of aromatic carboxylic acids is 1. The van der Waals surface area contributed by atoms with Crippen LogP contribution in [0.5, 0.6) is 0 Å². The first-order valence-corrected chi connectivity index (χ1v) is 23.9.